The molecule has 6 heteroatoms. The van der Waals surface area contributed by atoms with E-state index in [0.29, 0.717) is 53.6 Å². The average molecular weight is 549 g/mol. The second kappa shape index (κ2) is 10.5. The number of rotatable bonds is 8. The highest BCUT2D eigenvalue weighted by molar-refractivity contribution is 6.70. The molecule has 4 nitrogen and oxygen atoms in total. The molecule has 0 saturated heterocycles. The topological polar surface area (TPSA) is 44.8 Å². The van der Waals surface area contributed by atoms with E-state index < -0.39 is 16.6 Å². The van der Waals surface area contributed by atoms with Gasteiger partial charge in [0.2, 0.25) is 0 Å². The first kappa shape index (κ1) is 29.5. The van der Waals surface area contributed by atoms with Gasteiger partial charge in [0.1, 0.15) is 0 Å². The molecule has 0 aromatic heterocycles. The van der Waals surface area contributed by atoms with Crippen molar-refractivity contribution in [2.24, 2.45) is 40.4 Å². The summed E-state index contributed by atoms with van der Waals surface area (Å²) < 4.78 is 19.4. The lowest BCUT2D eigenvalue weighted by Crippen LogP contribution is -2.62. The van der Waals surface area contributed by atoms with Gasteiger partial charge in [-0.2, -0.15) is 0 Å². The van der Waals surface area contributed by atoms with Crippen molar-refractivity contribution in [3.63, 3.8) is 0 Å². The average Bonchev–Trinajstić information content (AvgIpc) is 3.14. The smallest absolute Gasteiger partial charge is 0.305 e. The van der Waals surface area contributed by atoms with Gasteiger partial charge in [-0.1, -0.05) is 32.4 Å². The van der Waals surface area contributed by atoms with Crippen LogP contribution in [0.4, 0.5) is 0 Å². The normalized spacial score (nSPS) is 40.8. The van der Waals surface area contributed by atoms with Crippen LogP contribution >= 0.6 is 0 Å². The molecule has 4 aliphatic rings. The number of methoxy groups -OCH3 is 1. The summed E-state index contributed by atoms with van der Waals surface area (Å²) in [5.74, 6) is 2.85. The number of allylic oxidation sites excluding steroid dienone is 1. The van der Waals surface area contributed by atoms with Crippen molar-refractivity contribution in [3.05, 3.63) is 11.6 Å². The van der Waals surface area contributed by atoms with E-state index in [1.165, 1.54) is 45.6 Å². The number of hydrogen-bond donors (Lipinski definition) is 0. The summed E-state index contributed by atoms with van der Waals surface area (Å²) in [6.45, 7) is 21.8. The Balaban J connectivity index is 1.75. The molecule has 3 fully saturated rings. The Bertz CT molecular complexity index is 873. The summed E-state index contributed by atoms with van der Waals surface area (Å²) in [5.41, 5.74) is 2.11. The lowest BCUT2D eigenvalue weighted by Gasteiger charge is -2.63. The van der Waals surface area contributed by atoms with Crippen LogP contribution in [0, 0.1) is 40.4 Å². The maximum Gasteiger partial charge on any atom is 0.305 e. The van der Waals surface area contributed by atoms with E-state index in [9.17, 15) is 4.79 Å². The third kappa shape index (κ3) is 5.74. The number of carbonyl (C=O) groups is 1. The molecular formula is C31H56O4Si2. The van der Waals surface area contributed by atoms with Crippen molar-refractivity contribution < 1.29 is 18.4 Å². The Morgan fingerprint density at radius 1 is 1.05 bits per heavy atom. The molecule has 9 atom stereocenters. The fourth-order valence-corrected chi connectivity index (χ4v) is 11.8. The molecule has 0 radical (unpaired) electrons. The van der Waals surface area contributed by atoms with Gasteiger partial charge in [-0.15, -0.1) is 0 Å². The second-order valence-corrected chi connectivity index (χ2v) is 24.3. The zero-order valence-electron chi connectivity index (χ0n) is 25.6. The zero-order chi connectivity index (χ0) is 27.4. The first-order chi connectivity index (χ1) is 17.1. The number of hydrogen-bond acceptors (Lipinski definition) is 4. The first-order valence-corrected chi connectivity index (χ1v) is 22.0. The minimum atomic E-state index is -1.75. The van der Waals surface area contributed by atoms with E-state index >= 15 is 0 Å². The molecule has 0 spiro atoms. The Labute approximate surface area is 229 Å². The molecule has 212 valence electrons. The molecule has 0 aromatic carbocycles. The van der Waals surface area contributed by atoms with Crippen molar-refractivity contribution in [1.82, 2.24) is 0 Å². The van der Waals surface area contributed by atoms with E-state index in [1.807, 2.05) is 0 Å². The van der Waals surface area contributed by atoms with Gasteiger partial charge in [0.25, 0.3) is 0 Å². The third-order valence-electron chi connectivity index (χ3n) is 10.9. The van der Waals surface area contributed by atoms with Gasteiger partial charge >= 0.3 is 5.97 Å². The van der Waals surface area contributed by atoms with Crippen molar-refractivity contribution in [3.8, 4) is 0 Å². The van der Waals surface area contributed by atoms with E-state index in [2.05, 4.69) is 66.1 Å². The van der Waals surface area contributed by atoms with Crippen LogP contribution in [0.3, 0.4) is 0 Å². The highest BCUT2D eigenvalue weighted by Crippen LogP contribution is 2.69. The van der Waals surface area contributed by atoms with Crippen LogP contribution < -0.4 is 0 Å². The molecule has 0 heterocycles. The zero-order valence-corrected chi connectivity index (χ0v) is 27.6. The SMILES string of the molecule is COC(=O)CC[C@@H](C)[C@H]1CCC2C3C(C[C@H](O[Si](C)(C)C)[C@@]21C)[C@@]1(C)CCCC=C1C[C@H]3O[Si](C)(C)C. The Morgan fingerprint density at radius 2 is 1.73 bits per heavy atom. The van der Waals surface area contributed by atoms with E-state index in [0.717, 1.165) is 12.8 Å². The van der Waals surface area contributed by atoms with Crippen LogP contribution in [-0.4, -0.2) is 41.9 Å². The Morgan fingerprint density at radius 3 is 2.35 bits per heavy atom. The fourth-order valence-electron chi connectivity index (χ4n) is 9.42. The fraction of sp³-hybridized carbons (Fsp3) is 0.903. The third-order valence-corrected chi connectivity index (χ3v) is 12.9. The molecule has 0 N–H and O–H groups in total. The second-order valence-electron chi connectivity index (χ2n) is 15.4. The monoisotopic (exact) mass is 548 g/mol. The van der Waals surface area contributed by atoms with Crippen LogP contribution in [0.2, 0.25) is 39.3 Å². The molecular weight excluding hydrogens is 493 g/mol. The van der Waals surface area contributed by atoms with Gasteiger partial charge < -0.3 is 13.6 Å². The van der Waals surface area contributed by atoms with Gasteiger partial charge in [-0.3, -0.25) is 4.79 Å². The number of ether oxygens (including phenoxy) is 1. The first-order valence-electron chi connectivity index (χ1n) is 15.2. The summed E-state index contributed by atoms with van der Waals surface area (Å²) in [6.07, 6.45) is 13.4. The minimum Gasteiger partial charge on any atom is -0.469 e. The van der Waals surface area contributed by atoms with Gasteiger partial charge in [0.15, 0.2) is 16.6 Å². The summed E-state index contributed by atoms with van der Waals surface area (Å²) in [4.78, 5) is 12.0. The largest absolute Gasteiger partial charge is 0.469 e. The van der Waals surface area contributed by atoms with Crippen molar-refractivity contribution in [2.45, 2.75) is 130 Å². The van der Waals surface area contributed by atoms with Crippen molar-refractivity contribution in [2.75, 3.05) is 7.11 Å². The molecule has 37 heavy (non-hydrogen) atoms. The highest BCUT2D eigenvalue weighted by Gasteiger charge is 2.66. The maximum absolute atomic E-state index is 12.0. The minimum absolute atomic E-state index is 0.0782. The van der Waals surface area contributed by atoms with E-state index in [4.69, 9.17) is 13.6 Å². The lowest BCUT2D eigenvalue weighted by atomic mass is 9.45. The van der Waals surface area contributed by atoms with Crippen LogP contribution in [0.5, 0.6) is 0 Å². The number of fused-ring (bicyclic) bond motifs is 5. The van der Waals surface area contributed by atoms with E-state index in [1.54, 1.807) is 5.57 Å². The summed E-state index contributed by atoms with van der Waals surface area (Å²) in [5, 5.41) is 0. The van der Waals surface area contributed by atoms with Crippen molar-refractivity contribution in [1.29, 1.82) is 0 Å². The Hall–Kier alpha value is -0.436. The molecule has 0 aromatic rings. The van der Waals surface area contributed by atoms with E-state index in [-0.39, 0.29) is 11.4 Å². The molecule has 0 bridgehead atoms. The molecule has 3 unspecified atom stereocenters. The molecule has 0 amide bonds. The number of esters is 1. The molecule has 4 rings (SSSR count). The van der Waals surface area contributed by atoms with Gasteiger partial charge in [0, 0.05) is 6.42 Å². The van der Waals surface area contributed by atoms with Crippen LogP contribution in [0.25, 0.3) is 0 Å². The number of carbonyl (C=O) groups excluding carboxylic acids is 1. The van der Waals surface area contributed by atoms with Crippen LogP contribution in [0.1, 0.15) is 78.6 Å². The molecule has 3 saturated carbocycles. The standard InChI is InChI=1S/C31H56O4Si2/c1-21(14-17-28(32)33-4)23-15-16-24-29-25(20-27(31(23,24)3)35-37(8,9)10)30(2)18-12-11-13-22(30)19-26(29)34-36(5,6)7/h13,21,23-27,29H,11-12,14-20H2,1-10H3/t21-,23-,24?,25?,26-,27+,29?,30+,31-/m1/s1. The quantitative estimate of drug-likeness (QED) is 0.174. The highest BCUT2D eigenvalue weighted by atomic mass is 28.4. The lowest BCUT2D eigenvalue weighted by molar-refractivity contribution is -0.159. The predicted octanol–water partition coefficient (Wildman–Crippen LogP) is 8.20. The van der Waals surface area contributed by atoms with Gasteiger partial charge in [-0.05, 0) is 131 Å². The summed E-state index contributed by atoms with van der Waals surface area (Å²) >= 11 is 0. The van der Waals surface area contributed by atoms with Crippen LogP contribution in [-0.2, 0) is 18.4 Å². The Kier molecular flexibility index (Phi) is 8.40. The molecule has 0 aliphatic heterocycles. The van der Waals surface area contributed by atoms with Gasteiger partial charge in [0.05, 0.1) is 19.3 Å². The van der Waals surface area contributed by atoms with Crippen molar-refractivity contribution >= 4 is 22.6 Å². The predicted molar refractivity (Wildman–Crippen MR) is 157 cm³/mol. The summed E-state index contributed by atoms with van der Waals surface area (Å²) in [6, 6.07) is 0. The van der Waals surface area contributed by atoms with Crippen LogP contribution in [0.15, 0.2) is 11.6 Å². The van der Waals surface area contributed by atoms with Gasteiger partial charge in [-0.25, -0.2) is 0 Å². The summed E-state index contributed by atoms with van der Waals surface area (Å²) in [7, 11) is -1.94. The maximum atomic E-state index is 12.0. The molecule has 4 aliphatic carbocycles.